The Morgan fingerprint density at radius 1 is 0.320 bits per heavy atom. The van der Waals surface area contributed by atoms with Crippen LogP contribution in [-0.4, -0.2) is 9.13 Å². The highest BCUT2D eigenvalue weighted by Gasteiger charge is 2.19. The minimum absolute atomic E-state index is 0.506. The van der Waals surface area contributed by atoms with Crippen molar-refractivity contribution in [2.24, 2.45) is 0 Å². The van der Waals surface area contributed by atoms with Crippen LogP contribution in [0.1, 0.15) is 1.37 Å². The highest BCUT2D eigenvalue weighted by Crippen LogP contribution is 2.41. The lowest BCUT2D eigenvalue weighted by molar-refractivity contribution is 1.18. The fraction of sp³-hybridized carbons (Fsp3) is 0. The van der Waals surface area contributed by atoms with E-state index in [9.17, 15) is 0 Å². The van der Waals surface area contributed by atoms with Crippen molar-refractivity contribution < 1.29 is 1.37 Å². The molecule has 2 heterocycles. The lowest BCUT2D eigenvalue weighted by Gasteiger charge is -2.14. The number of fused-ring (bicyclic) bond motifs is 6. The van der Waals surface area contributed by atoms with Gasteiger partial charge in [-0.15, -0.1) is 0 Å². The second kappa shape index (κ2) is 11.5. The van der Waals surface area contributed by atoms with E-state index in [-0.39, 0.29) is 0 Å². The van der Waals surface area contributed by atoms with Crippen molar-refractivity contribution >= 4 is 43.6 Å². The third-order valence-corrected chi connectivity index (χ3v) is 10.1. The van der Waals surface area contributed by atoms with Gasteiger partial charge >= 0.3 is 0 Å². The number of para-hydroxylation sites is 3. The Bertz CT molecular complexity index is 2900. The minimum Gasteiger partial charge on any atom is -0.309 e. The van der Waals surface area contributed by atoms with Crippen LogP contribution >= 0.6 is 0 Å². The number of benzene rings is 8. The van der Waals surface area contributed by atoms with Crippen molar-refractivity contribution in [1.82, 2.24) is 9.13 Å². The van der Waals surface area contributed by atoms with Crippen LogP contribution in [0, 0.1) is 0 Å². The van der Waals surface area contributed by atoms with E-state index < -0.39 is 0 Å². The average Bonchev–Trinajstić information content (AvgIpc) is 3.71. The standard InChI is InChI=1S/C48H32N2/c1-3-13-33(14-4-1)35-25-28-38(29-26-35)49-45-23-9-8-20-42(45)44-32-37(27-30-47(44)49)40-21-12-22-43-41-19-7-10-24-46(41)50(48(40)43)39-18-11-17-36(31-39)34-15-5-2-6-16-34/h1-32H/i8D. The van der Waals surface area contributed by atoms with Gasteiger partial charge in [-0.2, -0.15) is 0 Å². The van der Waals surface area contributed by atoms with E-state index in [0.717, 1.165) is 38.7 Å². The first-order chi connectivity index (χ1) is 25.2. The molecule has 0 N–H and O–H groups in total. The van der Waals surface area contributed by atoms with Gasteiger partial charge in [0.15, 0.2) is 0 Å². The lowest BCUT2D eigenvalue weighted by atomic mass is 9.99. The molecule has 50 heavy (non-hydrogen) atoms. The summed E-state index contributed by atoms with van der Waals surface area (Å²) in [4.78, 5) is 0. The fourth-order valence-corrected chi connectivity index (χ4v) is 7.76. The topological polar surface area (TPSA) is 9.86 Å². The molecular formula is C48H32N2. The summed E-state index contributed by atoms with van der Waals surface area (Å²) < 4.78 is 13.3. The van der Waals surface area contributed by atoms with Gasteiger partial charge in [0.05, 0.1) is 23.4 Å². The summed E-state index contributed by atoms with van der Waals surface area (Å²) in [6.07, 6.45) is 0. The first-order valence-corrected chi connectivity index (χ1v) is 17.1. The van der Waals surface area contributed by atoms with Gasteiger partial charge < -0.3 is 9.13 Å². The Kier molecular flexibility index (Phi) is 6.29. The van der Waals surface area contributed by atoms with Crippen molar-refractivity contribution in [3.63, 3.8) is 0 Å². The molecule has 0 aliphatic carbocycles. The SMILES string of the molecule is [2H]c1ccc2c(c1)c1cc(-c3cccc4c5ccccc5n(-c5cccc(-c6ccccc6)c5)c34)ccc1n2-c1ccc(-c2ccccc2)cc1. The first kappa shape index (κ1) is 27.3. The van der Waals surface area contributed by atoms with Crippen molar-refractivity contribution in [1.29, 1.82) is 0 Å². The molecule has 0 aliphatic heterocycles. The maximum Gasteiger partial charge on any atom is 0.0623 e. The number of hydrogen-bond acceptors (Lipinski definition) is 0. The van der Waals surface area contributed by atoms with Crippen molar-refractivity contribution in [3.8, 4) is 44.8 Å². The van der Waals surface area contributed by atoms with Crippen molar-refractivity contribution in [2.75, 3.05) is 0 Å². The van der Waals surface area contributed by atoms with Crippen LogP contribution in [0.15, 0.2) is 194 Å². The molecule has 0 atom stereocenters. The summed E-state index contributed by atoms with van der Waals surface area (Å²) in [5.74, 6) is 0. The quantitative estimate of drug-likeness (QED) is 0.178. The van der Waals surface area contributed by atoms with E-state index >= 15 is 0 Å². The largest absolute Gasteiger partial charge is 0.309 e. The molecular weight excluding hydrogens is 605 g/mol. The third-order valence-electron chi connectivity index (χ3n) is 10.1. The molecule has 2 nitrogen and oxygen atoms in total. The fourth-order valence-electron chi connectivity index (χ4n) is 7.76. The molecule has 234 valence electrons. The van der Waals surface area contributed by atoms with Crippen LogP contribution in [-0.2, 0) is 0 Å². The summed E-state index contributed by atoms with van der Waals surface area (Å²) in [5, 5.41) is 4.67. The van der Waals surface area contributed by atoms with Gasteiger partial charge in [0.25, 0.3) is 0 Å². The molecule has 0 saturated heterocycles. The van der Waals surface area contributed by atoms with Gasteiger partial charge in [-0.25, -0.2) is 0 Å². The molecule has 0 spiro atoms. The summed E-state index contributed by atoms with van der Waals surface area (Å²) in [6, 6.07) is 67.4. The van der Waals surface area contributed by atoms with Crippen LogP contribution in [0.4, 0.5) is 0 Å². The molecule has 2 heteroatoms. The van der Waals surface area contributed by atoms with Gasteiger partial charge in [-0.1, -0.05) is 146 Å². The van der Waals surface area contributed by atoms with Crippen molar-refractivity contribution in [3.05, 3.63) is 194 Å². The molecule has 0 amide bonds. The minimum atomic E-state index is 0.506. The predicted molar refractivity (Wildman–Crippen MR) is 211 cm³/mol. The van der Waals surface area contributed by atoms with E-state index in [1.54, 1.807) is 0 Å². The molecule has 0 saturated carbocycles. The van der Waals surface area contributed by atoms with Gasteiger partial charge in [-0.05, 0) is 76.3 Å². The normalized spacial score (nSPS) is 11.9. The molecule has 0 aliphatic rings. The second-order valence-corrected chi connectivity index (χ2v) is 12.9. The number of hydrogen-bond donors (Lipinski definition) is 0. The smallest absolute Gasteiger partial charge is 0.0623 e. The Morgan fingerprint density at radius 3 is 1.72 bits per heavy atom. The van der Waals surface area contributed by atoms with Crippen LogP contribution < -0.4 is 0 Å². The summed E-state index contributed by atoms with van der Waals surface area (Å²) in [6.45, 7) is 0. The zero-order valence-electron chi connectivity index (χ0n) is 28.3. The Labute approximate surface area is 292 Å². The van der Waals surface area contributed by atoms with E-state index in [0.29, 0.717) is 6.04 Å². The van der Waals surface area contributed by atoms with Gasteiger partial charge in [0.1, 0.15) is 0 Å². The maximum absolute atomic E-state index is 8.57. The number of nitrogens with zero attached hydrogens (tertiary/aromatic N) is 2. The van der Waals surface area contributed by atoms with Crippen LogP contribution in [0.25, 0.3) is 88.4 Å². The van der Waals surface area contributed by atoms with E-state index in [2.05, 4.69) is 179 Å². The number of rotatable bonds is 5. The molecule has 2 aromatic heterocycles. The zero-order valence-corrected chi connectivity index (χ0v) is 27.3. The van der Waals surface area contributed by atoms with E-state index in [4.69, 9.17) is 1.37 Å². The monoisotopic (exact) mass is 637 g/mol. The Morgan fingerprint density at radius 2 is 0.900 bits per heavy atom. The average molecular weight is 638 g/mol. The van der Waals surface area contributed by atoms with Gasteiger partial charge in [0.2, 0.25) is 0 Å². The van der Waals surface area contributed by atoms with Crippen LogP contribution in [0.2, 0.25) is 0 Å². The Hall–Kier alpha value is -6.64. The van der Waals surface area contributed by atoms with Crippen LogP contribution in [0.5, 0.6) is 0 Å². The highest BCUT2D eigenvalue weighted by molar-refractivity contribution is 6.15. The second-order valence-electron chi connectivity index (χ2n) is 12.9. The first-order valence-electron chi connectivity index (χ1n) is 17.6. The molecule has 0 radical (unpaired) electrons. The van der Waals surface area contributed by atoms with E-state index in [1.165, 1.54) is 49.6 Å². The molecule has 0 fully saturated rings. The highest BCUT2D eigenvalue weighted by atomic mass is 15.0. The Balaban J connectivity index is 1.19. The van der Waals surface area contributed by atoms with E-state index in [1.807, 2.05) is 18.2 Å². The molecule has 0 unspecified atom stereocenters. The molecule has 0 bridgehead atoms. The zero-order chi connectivity index (χ0) is 33.9. The summed E-state index contributed by atoms with van der Waals surface area (Å²) in [7, 11) is 0. The summed E-state index contributed by atoms with van der Waals surface area (Å²) >= 11 is 0. The third kappa shape index (κ3) is 4.50. The molecule has 8 aromatic carbocycles. The van der Waals surface area contributed by atoms with Crippen LogP contribution in [0.3, 0.4) is 0 Å². The van der Waals surface area contributed by atoms with Gasteiger partial charge in [0, 0.05) is 38.5 Å². The predicted octanol–water partition coefficient (Wildman–Crippen LogP) is 12.9. The number of aromatic nitrogens is 2. The molecule has 10 rings (SSSR count). The maximum atomic E-state index is 8.57. The van der Waals surface area contributed by atoms with Crippen molar-refractivity contribution in [2.45, 2.75) is 0 Å². The molecule has 10 aromatic rings. The van der Waals surface area contributed by atoms with Gasteiger partial charge in [-0.3, -0.25) is 0 Å². The lowest BCUT2D eigenvalue weighted by Crippen LogP contribution is -1.96. The summed E-state index contributed by atoms with van der Waals surface area (Å²) in [5.41, 5.74) is 13.9.